The normalized spacial score (nSPS) is 15.1. The lowest BCUT2D eigenvalue weighted by Gasteiger charge is -2.18. The number of aryl methyl sites for hydroxylation is 1. The van der Waals surface area contributed by atoms with Crippen LogP contribution < -0.4 is 0 Å². The van der Waals surface area contributed by atoms with Gasteiger partial charge in [0.15, 0.2) is 0 Å². The summed E-state index contributed by atoms with van der Waals surface area (Å²) in [6, 6.07) is 5.11. The summed E-state index contributed by atoms with van der Waals surface area (Å²) in [7, 11) is 0. The average Bonchev–Trinajstić information content (AvgIpc) is 2.34. The molecule has 2 nitrogen and oxygen atoms in total. The van der Waals surface area contributed by atoms with Gasteiger partial charge in [-0.15, -0.1) is 0 Å². The van der Waals surface area contributed by atoms with Crippen LogP contribution in [0.25, 0.3) is 0 Å². The van der Waals surface area contributed by atoms with E-state index in [1.54, 1.807) is 24.4 Å². The number of nitrogens with zero attached hydrogens (tertiary/aromatic N) is 1. The standard InChI is InChI=1S/C12H14F3NOS/c1-2-11(18-17)10(12(13,14)15)7-6-9-5-3-4-8-16-9/h3-5,8,10-11H,1-2,6-7H2/q+1. The highest BCUT2D eigenvalue weighted by Crippen LogP contribution is 2.34. The summed E-state index contributed by atoms with van der Waals surface area (Å²) in [4.78, 5) is 3.98. The molecule has 0 aromatic carbocycles. The molecule has 0 saturated carbocycles. The van der Waals surface area contributed by atoms with E-state index in [-0.39, 0.29) is 30.9 Å². The molecule has 0 saturated heterocycles. The van der Waals surface area contributed by atoms with Gasteiger partial charge >= 0.3 is 17.8 Å². The third kappa shape index (κ3) is 4.33. The Hall–Kier alpha value is -1.04. The first-order chi connectivity index (χ1) is 8.49. The Balaban J connectivity index is 2.71. The summed E-state index contributed by atoms with van der Waals surface area (Å²) >= 11 is -0.0129. The van der Waals surface area contributed by atoms with E-state index in [2.05, 4.69) is 11.9 Å². The van der Waals surface area contributed by atoms with Crippen LogP contribution in [0.2, 0.25) is 0 Å². The zero-order chi connectivity index (χ0) is 13.6. The van der Waals surface area contributed by atoms with Crippen molar-refractivity contribution in [3.8, 4) is 0 Å². The summed E-state index contributed by atoms with van der Waals surface area (Å²) in [6.07, 6.45) is -2.77. The molecule has 0 N–H and O–H groups in total. The maximum absolute atomic E-state index is 12.8. The van der Waals surface area contributed by atoms with Crippen LogP contribution in [0.3, 0.4) is 0 Å². The summed E-state index contributed by atoms with van der Waals surface area (Å²) < 4.78 is 49.3. The molecule has 6 heteroatoms. The third-order valence-corrected chi connectivity index (χ3v) is 3.53. The molecule has 0 spiro atoms. The van der Waals surface area contributed by atoms with Crippen molar-refractivity contribution in [2.75, 3.05) is 0 Å². The van der Waals surface area contributed by atoms with Gasteiger partial charge < -0.3 is 0 Å². The van der Waals surface area contributed by atoms with E-state index in [0.717, 1.165) is 0 Å². The molecule has 18 heavy (non-hydrogen) atoms. The van der Waals surface area contributed by atoms with E-state index in [0.29, 0.717) is 5.69 Å². The van der Waals surface area contributed by atoms with E-state index in [1.165, 1.54) is 0 Å². The Morgan fingerprint density at radius 1 is 1.39 bits per heavy atom. The minimum Gasteiger partial charge on any atom is -0.261 e. The number of pyridine rings is 1. The Bertz CT molecular complexity index is 369. The first kappa shape index (κ1) is 15.0. The molecule has 0 amide bonds. The summed E-state index contributed by atoms with van der Waals surface area (Å²) in [6.45, 7) is 3.41. The van der Waals surface area contributed by atoms with Crippen molar-refractivity contribution in [3.05, 3.63) is 37.0 Å². The predicted molar refractivity (Wildman–Crippen MR) is 63.9 cm³/mol. The molecule has 0 aliphatic heterocycles. The number of aromatic nitrogens is 1. The predicted octanol–water partition coefficient (Wildman–Crippen LogP) is 3.21. The molecule has 2 unspecified atom stereocenters. The van der Waals surface area contributed by atoms with Crippen LogP contribution in [-0.4, -0.2) is 16.4 Å². The molecule has 2 atom stereocenters. The fraction of sp³-hybridized carbons (Fsp3) is 0.500. The highest BCUT2D eigenvalue weighted by molar-refractivity contribution is 7.66. The van der Waals surface area contributed by atoms with E-state index in [1.807, 2.05) is 0 Å². The molecule has 1 aromatic heterocycles. The van der Waals surface area contributed by atoms with E-state index >= 15 is 0 Å². The van der Waals surface area contributed by atoms with Gasteiger partial charge in [-0.3, -0.25) is 4.98 Å². The minimum atomic E-state index is -4.37. The molecule has 99 valence electrons. The van der Waals surface area contributed by atoms with Gasteiger partial charge in [-0.1, -0.05) is 6.07 Å². The van der Waals surface area contributed by atoms with Crippen molar-refractivity contribution in [1.82, 2.24) is 4.98 Å². The lowest BCUT2D eigenvalue weighted by molar-refractivity contribution is -0.176. The average molecular weight is 277 g/mol. The second kappa shape index (κ2) is 6.78. The largest absolute Gasteiger partial charge is 0.462 e. The number of rotatable bonds is 6. The maximum Gasteiger partial charge on any atom is 0.462 e. The second-order valence-electron chi connectivity index (χ2n) is 3.93. The Morgan fingerprint density at radius 2 is 2.11 bits per heavy atom. The third-order valence-electron chi connectivity index (χ3n) is 2.71. The Kier molecular flexibility index (Phi) is 5.65. The molecule has 1 rings (SSSR count). The number of hydrogen-bond acceptors (Lipinski definition) is 2. The van der Waals surface area contributed by atoms with Gasteiger partial charge in [0, 0.05) is 22.5 Å². The van der Waals surface area contributed by atoms with E-state index < -0.39 is 17.3 Å². The molecule has 1 radical (unpaired) electrons. The minimum absolute atomic E-state index is 0.0129. The number of alkyl halides is 3. The Labute approximate surface area is 108 Å². The fourth-order valence-corrected chi connectivity index (χ4v) is 2.25. The van der Waals surface area contributed by atoms with Crippen molar-refractivity contribution in [1.29, 1.82) is 0 Å². The molecular weight excluding hydrogens is 263 g/mol. The summed E-state index contributed by atoms with van der Waals surface area (Å²) in [5.41, 5.74) is 0.602. The van der Waals surface area contributed by atoms with Crippen LogP contribution in [0.4, 0.5) is 13.2 Å². The smallest absolute Gasteiger partial charge is 0.261 e. The zero-order valence-corrected chi connectivity index (χ0v) is 10.5. The van der Waals surface area contributed by atoms with Crippen LogP contribution in [0.5, 0.6) is 0 Å². The van der Waals surface area contributed by atoms with Gasteiger partial charge in [0.25, 0.3) is 0 Å². The van der Waals surface area contributed by atoms with E-state index in [9.17, 15) is 17.4 Å². The molecule has 1 heterocycles. The van der Waals surface area contributed by atoms with E-state index in [4.69, 9.17) is 0 Å². The van der Waals surface area contributed by atoms with Gasteiger partial charge in [-0.2, -0.15) is 13.2 Å². The first-order valence-electron chi connectivity index (χ1n) is 5.53. The highest BCUT2D eigenvalue weighted by atomic mass is 32.1. The van der Waals surface area contributed by atoms with Crippen molar-refractivity contribution >= 4 is 11.7 Å². The molecule has 0 bridgehead atoms. The van der Waals surface area contributed by atoms with Crippen molar-refractivity contribution in [2.24, 2.45) is 5.92 Å². The van der Waals surface area contributed by atoms with Gasteiger partial charge in [-0.05, 0) is 31.9 Å². The Morgan fingerprint density at radius 3 is 2.56 bits per heavy atom. The monoisotopic (exact) mass is 277 g/mol. The van der Waals surface area contributed by atoms with Crippen LogP contribution in [0.15, 0.2) is 24.4 Å². The highest BCUT2D eigenvalue weighted by Gasteiger charge is 2.49. The fourth-order valence-electron chi connectivity index (χ4n) is 1.73. The van der Waals surface area contributed by atoms with Gasteiger partial charge in [0.2, 0.25) is 5.25 Å². The van der Waals surface area contributed by atoms with Gasteiger partial charge in [-0.25, -0.2) is 0 Å². The number of hydrogen-bond donors (Lipinski definition) is 0. The lowest BCUT2D eigenvalue weighted by atomic mass is 9.95. The van der Waals surface area contributed by atoms with Crippen LogP contribution in [0.1, 0.15) is 18.5 Å². The van der Waals surface area contributed by atoms with Crippen molar-refractivity contribution < 1.29 is 17.4 Å². The number of halogens is 3. The molecule has 1 aromatic rings. The lowest BCUT2D eigenvalue weighted by Crippen LogP contribution is -2.34. The van der Waals surface area contributed by atoms with Crippen LogP contribution in [0, 0.1) is 12.8 Å². The van der Waals surface area contributed by atoms with Crippen molar-refractivity contribution in [2.45, 2.75) is 30.7 Å². The first-order valence-corrected chi connectivity index (χ1v) is 6.34. The second-order valence-corrected chi connectivity index (χ2v) is 4.73. The summed E-state index contributed by atoms with van der Waals surface area (Å²) in [5, 5.41) is -1.03. The molecule has 0 fully saturated rings. The zero-order valence-electron chi connectivity index (χ0n) is 9.69. The summed E-state index contributed by atoms with van der Waals surface area (Å²) in [5.74, 6) is -1.63. The topological polar surface area (TPSA) is 30.0 Å². The van der Waals surface area contributed by atoms with Crippen molar-refractivity contribution in [3.63, 3.8) is 0 Å². The quantitative estimate of drug-likeness (QED) is 0.747. The SMILES string of the molecule is [CH2]CC([S+]=O)C(CCc1ccccn1)C(F)(F)F. The molecule has 0 aliphatic rings. The van der Waals surface area contributed by atoms with Crippen LogP contribution in [-0.2, 0) is 22.3 Å². The van der Waals surface area contributed by atoms with Crippen LogP contribution >= 0.6 is 0 Å². The molecule has 0 aliphatic carbocycles. The maximum atomic E-state index is 12.8. The van der Waals surface area contributed by atoms with Gasteiger partial charge in [0.1, 0.15) is 5.92 Å². The molecular formula is C12H14F3NOS+. The van der Waals surface area contributed by atoms with Gasteiger partial charge in [0.05, 0.1) is 0 Å².